The molecule has 0 radical (unpaired) electrons. The molecule has 1 heterocycles. The van der Waals surface area contributed by atoms with Crippen LogP contribution in [-0.4, -0.2) is 18.0 Å². The van der Waals surface area contributed by atoms with E-state index in [2.05, 4.69) is 4.98 Å². The van der Waals surface area contributed by atoms with E-state index in [0.717, 1.165) is 12.1 Å². The van der Waals surface area contributed by atoms with Gasteiger partial charge >= 0.3 is 0 Å². The van der Waals surface area contributed by atoms with Crippen LogP contribution in [0.2, 0.25) is 0 Å². The lowest BCUT2D eigenvalue weighted by molar-refractivity contribution is 0.585. The number of nitrogens with one attached hydrogen (secondary N) is 1. The molecule has 0 bridgehead atoms. The molecular weight excluding hydrogens is 290 g/mol. The van der Waals surface area contributed by atoms with Crippen molar-refractivity contribution < 1.29 is 17.2 Å². The Bertz CT molecular complexity index is 751. The fourth-order valence-corrected chi connectivity index (χ4v) is 2.98. The molecule has 1 aromatic heterocycles. The van der Waals surface area contributed by atoms with Crippen molar-refractivity contribution in [1.29, 1.82) is 0 Å². The summed E-state index contributed by atoms with van der Waals surface area (Å²) < 4.78 is 54.4. The molecular formula is C11H12F2N4O2S. The van der Waals surface area contributed by atoms with Gasteiger partial charge in [-0.05, 0) is 18.6 Å². The highest BCUT2D eigenvalue weighted by atomic mass is 32.2. The van der Waals surface area contributed by atoms with Gasteiger partial charge in [-0.25, -0.2) is 13.8 Å². The van der Waals surface area contributed by atoms with E-state index >= 15 is 0 Å². The SMILES string of the molecule is Cc1cc(F)c(NS(=O)(=O)c2c(N)ncn2C)cc1F. The van der Waals surface area contributed by atoms with Gasteiger partial charge < -0.3 is 10.3 Å². The van der Waals surface area contributed by atoms with E-state index in [0.29, 0.717) is 0 Å². The van der Waals surface area contributed by atoms with E-state index in [4.69, 9.17) is 5.73 Å². The topological polar surface area (TPSA) is 90.0 Å². The Morgan fingerprint density at radius 2 is 1.95 bits per heavy atom. The summed E-state index contributed by atoms with van der Waals surface area (Å²) in [5, 5.41) is -0.321. The average Bonchev–Trinajstić information content (AvgIpc) is 2.66. The molecule has 0 amide bonds. The van der Waals surface area contributed by atoms with Crippen molar-refractivity contribution in [2.75, 3.05) is 10.5 Å². The zero-order valence-corrected chi connectivity index (χ0v) is 11.5. The van der Waals surface area contributed by atoms with Gasteiger partial charge in [0.1, 0.15) is 11.6 Å². The van der Waals surface area contributed by atoms with Crippen molar-refractivity contribution in [2.24, 2.45) is 7.05 Å². The number of imidazole rings is 1. The molecule has 2 aromatic rings. The van der Waals surface area contributed by atoms with Crippen LogP contribution in [0.25, 0.3) is 0 Å². The Morgan fingerprint density at radius 3 is 2.50 bits per heavy atom. The van der Waals surface area contributed by atoms with Crippen LogP contribution in [0.1, 0.15) is 5.56 Å². The number of rotatable bonds is 3. The zero-order chi connectivity index (χ0) is 15.1. The molecule has 0 aliphatic rings. The zero-order valence-electron chi connectivity index (χ0n) is 10.7. The summed E-state index contributed by atoms with van der Waals surface area (Å²) in [6, 6.07) is 1.68. The van der Waals surface area contributed by atoms with E-state index in [1.807, 2.05) is 4.72 Å². The largest absolute Gasteiger partial charge is 0.381 e. The first-order valence-corrected chi connectivity index (χ1v) is 6.96. The van der Waals surface area contributed by atoms with Gasteiger partial charge in [-0.2, -0.15) is 8.42 Å². The summed E-state index contributed by atoms with van der Waals surface area (Å²) in [7, 11) is -2.74. The molecule has 0 saturated heterocycles. The number of hydrogen-bond acceptors (Lipinski definition) is 4. The van der Waals surface area contributed by atoms with Crippen molar-refractivity contribution in [3.8, 4) is 0 Å². The monoisotopic (exact) mass is 302 g/mol. The van der Waals surface area contributed by atoms with Crippen LogP contribution >= 0.6 is 0 Å². The summed E-state index contributed by atoms with van der Waals surface area (Å²) in [6.07, 6.45) is 1.20. The van der Waals surface area contributed by atoms with Crippen molar-refractivity contribution in [1.82, 2.24) is 9.55 Å². The summed E-state index contributed by atoms with van der Waals surface area (Å²) >= 11 is 0. The molecule has 2 rings (SSSR count). The number of nitrogens with two attached hydrogens (primary N) is 1. The molecule has 20 heavy (non-hydrogen) atoms. The first-order chi connectivity index (χ1) is 9.22. The van der Waals surface area contributed by atoms with E-state index in [1.54, 1.807) is 0 Å². The first kappa shape index (κ1) is 14.3. The molecule has 0 saturated carbocycles. The predicted molar refractivity (Wildman–Crippen MR) is 69.5 cm³/mol. The molecule has 0 atom stereocenters. The van der Waals surface area contributed by atoms with Crippen LogP contribution in [0.15, 0.2) is 23.5 Å². The highest BCUT2D eigenvalue weighted by Gasteiger charge is 2.24. The number of hydrogen-bond donors (Lipinski definition) is 2. The first-order valence-electron chi connectivity index (χ1n) is 5.47. The van der Waals surface area contributed by atoms with Gasteiger partial charge in [0.15, 0.2) is 10.8 Å². The van der Waals surface area contributed by atoms with Gasteiger partial charge in [-0.15, -0.1) is 0 Å². The molecule has 1 aromatic carbocycles. The third-order valence-corrected chi connectivity index (χ3v) is 4.15. The molecule has 0 unspecified atom stereocenters. The number of nitrogen functional groups attached to an aromatic ring is 1. The predicted octanol–water partition coefficient (Wildman–Crippen LogP) is 1.39. The molecule has 108 valence electrons. The minimum Gasteiger partial charge on any atom is -0.381 e. The van der Waals surface area contributed by atoms with Crippen LogP contribution in [0.3, 0.4) is 0 Å². The van der Waals surface area contributed by atoms with Crippen molar-refractivity contribution >= 4 is 21.5 Å². The average molecular weight is 302 g/mol. The minimum atomic E-state index is -4.16. The number of anilines is 2. The molecule has 0 aliphatic heterocycles. The maximum Gasteiger partial charge on any atom is 0.281 e. The van der Waals surface area contributed by atoms with E-state index < -0.39 is 27.3 Å². The second-order valence-electron chi connectivity index (χ2n) is 4.23. The minimum absolute atomic E-state index is 0.0745. The third-order valence-electron chi connectivity index (χ3n) is 2.66. The van der Waals surface area contributed by atoms with Gasteiger partial charge in [-0.1, -0.05) is 0 Å². The fourth-order valence-electron chi connectivity index (χ4n) is 1.68. The Labute approximate surface area is 114 Å². The van der Waals surface area contributed by atoms with Crippen LogP contribution in [0.4, 0.5) is 20.3 Å². The van der Waals surface area contributed by atoms with Gasteiger partial charge in [-0.3, -0.25) is 4.72 Å². The smallest absolute Gasteiger partial charge is 0.281 e. The fraction of sp³-hybridized carbons (Fsp3) is 0.182. The van der Waals surface area contributed by atoms with Gasteiger partial charge in [0.2, 0.25) is 0 Å². The summed E-state index contributed by atoms with van der Waals surface area (Å²) in [5.41, 5.74) is 5.04. The maximum atomic E-state index is 13.7. The van der Waals surface area contributed by atoms with Crippen LogP contribution in [0, 0.1) is 18.6 Å². The highest BCUT2D eigenvalue weighted by Crippen LogP contribution is 2.24. The van der Waals surface area contributed by atoms with Gasteiger partial charge in [0.05, 0.1) is 12.0 Å². The second kappa shape index (κ2) is 4.75. The number of halogens is 2. The lowest BCUT2D eigenvalue weighted by Crippen LogP contribution is -2.18. The Morgan fingerprint density at radius 1 is 1.30 bits per heavy atom. The van der Waals surface area contributed by atoms with E-state index in [-0.39, 0.29) is 16.4 Å². The summed E-state index contributed by atoms with van der Waals surface area (Å²) in [4.78, 5) is 3.63. The summed E-state index contributed by atoms with van der Waals surface area (Å²) in [6.45, 7) is 1.37. The molecule has 0 fully saturated rings. The number of aryl methyl sites for hydroxylation is 2. The number of aromatic nitrogens is 2. The molecule has 3 N–H and O–H groups in total. The van der Waals surface area contributed by atoms with Crippen molar-refractivity contribution in [3.63, 3.8) is 0 Å². The van der Waals surface area contributed by atoms with E-state index in [1.165, 1.54) is 24.9 Å². The lowest BCUT2D eigenvalue weighted by atomic mass is 10.2. The number of benzene rings is 1. The maximum absolute atomic E-state index is 13.7. The summed E-state index contributed by atoms with van der Waals surface area (Å²) in [5.74, 6) is -1.83. The van der Waals surface area contributed by atoms with Crippen molar-refractivity contribution in [3.05, 3.63) is 35.7 Å². The van der Waals surface area contributed by atoms with Gasteiger partial charge in [0, 0.05) is 13.1 Å². The Hall–Kier alpha value is -2.16. The van der Waals surface area contributed by atoms with Crippen LogP contribution in [-0.2, 0) is 17.1 Å². The van der Waals surface area contributed by atoms with Crippen molar-refractivity contribution in [2.45, 2.75) is 11.9 Å². The number of sulfonamides is 1. The number of nitrogens with zero attached hydrogens (tertiary/aromatic N) is 2. The molecule has 9 heteroatoms. The molecule has 0 spiro atoms. The van der Waals surface area contributed by atoms with E-state index in [9.17, 15) is 17.2 Å². The highest BCUT2D eigenvalue weighted by molar-refractivity contribution is 7.92. The molecule has 0 aliphatic carbocycles. The third kappa shape index (κ3) is 2.44. The lowest BCUT2D eigenvalue weighted by Gasteiger charge is -2.10. The standard InChI is InChI=1S/C11H12F2N4O2S/c1-6-3-8(13)9(4-7(6)12)16-20(18,19)11-10(14)15-5-17(11)2/h3-5,16H,14H2,1-2H3. The van der Waals surface area contributed by atoms with Crippen LogP contribution in [0.5, 0.6) is 0 Å². The quantitative estimate of drug-likeness (QED) is 0.896. The van der Waals surface area contributed by atoms with Crippen LogP contribution < -0.4 is 10.5 Å². The molecule has 6 nitrogen and oxygen atoms in total. The second-order valence-corrected chi connectivity index (χ2v) is 5.83. The Balaban J connectivity index is 2.47. The van der Waals surface area contributed by atoms with Gasteiger partial charge in [0.25, 0.3) is 10.0 Å². The normalized spacial score (nSPS) is 11.6. The Kier molecular flexibility index (Phi) is 3.38.